The molecule has 0 spiro atoms. The van der Waals surface area contributed by atoms with Gasteiger partial charge in [-0.1, -0.05) is 6.92 Å². The van der Waals surface area contributed by atoms with Crippen LogP contribution in [-0.4, -0.2) is 44.2 Å². The summed E-state index contributed by atoms with van der Waals surface area (Å²) >= 11 is 0. The third-order valence-corrected chi connectivity index (χ3v) is 4.28. The molecule has 1 N–H and O–H groups in total. The van der Waals surface area contributed by atoms with Crippen molar-refractivity contribution < 1.29 is 4.39 Å². The van der Waals surface area contributed by atoms with Gasteiger partial charge in [-0.15, -0.1) is 0 Å². The van der Waals surface area contributed by atoms with E-state index in [0.29, 0.717) is 12.6 Å². The van der Waals surface area contributed by atoms with Gasteiger partial charge in [0.1, 0.15) is 5.82 Å². The summed E-state index contributed by atoms with van der Waals surface area (Å²) in [5.41, 5.74) is 2.22. The second kappa shape index (κ2) is 7.04. The van der Waals surface area contributed by atoms with Gasteiger partial charge in [-0.25, -0.2) is 4.39 Å². The molecule has 1 aliphatic rings. The summed E-state index contributed by atoms with van der Waals surface area (Å²) in [4.78, 5) is 4.92. The lowest BCUT2D eigenvalue weighted by molar-refractivity contribution is 0.192. The van der Waals surface area contributed by atoms with Crippen LogP contribution in [0.3, 0.4) is 0 Å². The highest BCUT2D eigenvalue weighted by molar-refractivity contribution is 5.54. The molecule has 1 fully saturated rings. The monoisotopic (exact) mass is 279 g/mol. The van der Waals surface area contributed by atoms with Gasteiger partial charge in [-0.2, -0.15) is 0 Å². The van der Waals surface area contributed by atoms with Gasteiger partial charge in [0.2, 0.25) is 0 Å². The maximum atomic E-state index is 13.4. The van der Waals surface area contributed by atoms with Crippen LogP contribution in [-0.2, 0) is 6.54 Å². The van der Waals surface area contributed by atoms with Gasteiger partial charge in [0.25, 0.3) is 0 Å². The van der Waals surface area contributed by atoms with Crippen LogP contribution in [0.5, 0.6) is 0 Å². The minimum atomic E-state index is -0.155. The molecule has 0 aliphatic carbocycles. The summed E-state index contributed by atoms with van der Waals surface area (Å²) in [7, 11) is 1.90. The summed E-state index contributed by atoms with van der Waals surface area (Å²) < 4.78 is 13.4. The van der Waals surface area contributed by atoms with Crippen molar-refractivity contribution in [3.63, 3.8) is 0 Å². The number of benzene rings is 1. The standard InChI is InChI=1S/C16H26FN3/c1-4-13(2)19-7-9-20(10-8-19)16-6-5-15(17)11-14(16)12-18-3/h5-6,11,13,18H,4,7-10,12H2,1-3H3. The van der Waals surface area contributed by atoms with Crippen molar-refractivity contribution in [3.05, 3.63) is 29.6 Å². The van der Waals surface area contributed by atoms with Crippen molar-refractivity contribution in [1.29, 1.82) is 0 Å². The average Bonchev–Trinajstić information content (AvgIpc) is 2.47. The first-order valence-corrected chi connectivity index (χ1v) is 7.57. The summed E-state index contributed by atoms with van der Waals surface area (Å²) in [5, 5.41) is 3.12. The Morgan fingerprint density at radius 1 is 1.25 bits per heavy atom. The minimum absolute atomic E-state index is 0.155. The number of hydrogen-bond donors (Lipinski definition) is 1. The molecule has 1 saturated heterocycles. The molecule has 0 aromatic heterocycles. The third kappa shape index (κ3) is 3.49. The van der Waals surface area contributed by atoms with E-state index in [1.807, 2.05) is 13.1 Å². The molecule has 1 heterocycles. The Labute approximate surface area is 121 Å². The van der Waals surface area contributed by atoms with Gasteiger partial charge in [-0.05, 0) is 44.2 Å². The Morgan fingerprint density at radius 2 is 1.95 bits per heavy atom. The fourth-order valence-corrected chi connectivity index (χ4v) is 2.86. The number of piperazine rings is 1. The highest BCUT2D eigenvalue weighted by Gasteiger charge is 2.21. The molecule has 0 radical (unpaired) electrons. The smallest absolute Gasteiger partial charge is 0.123 e. The lowest BCUT2D eigenvalue weighted by Crippen LogP contribution is -2.49. The number of hydrogen-bond acceptors (Lipinski definition) is 3. The van der Waals surface area contributed by atoms with E-state index < -0.39 is 0 Å². The lowest BCUT2D eigenvalue weighted by Gasteiger charge is -2.39. The van der Waals surface area contributed by atoms with Crippen LogP contribution in [0.15, 0.2) is 18.2 Å². The first-order chi connectivity index (χ1) is 9.65. The zero-order chi connectivity index (χ0) is 14.5. The molecule has 2 rings (SSSR count). The van der Waals surface area contributed by atoms with E-state index in [0.717, 1.165) is 31.7 Å². The zero-order valence-corrected chi connectivity index (χ0v) is 12.8. The van der Waals surface area contributed by atoms with Crippen LogP contribution >= 0.6 is 0 Å². The van der Waals surface area contributed by atoms with Gasteiger partial charge in [0, 0.05) is 44.5 Å². The Kier molecular flexibility index (Phi) is 5.38. The maximum absolute atomic E-state index is 13.4. The highest BCUT2D eigenvalue weighted by atomic mass is 19.1. The molecular formula is C16H26FN3. The number of nitrogens with zero attached hydrogens (tertiary/aromatic N) is 2. The van der Waals surface area contributed by atoms with E-state index in [1.54, 1.807) is 12.1 Å². The van der Waals surface area contributed by atoms with Crippen molar-refractivity contribution >= 4 is 5.69 Å². The Bertz CT molecular complexity index is 428. The molecule has 112 valence electrons. The Morgan fingerprint density at radius 3 is 2.55 bits per heavy atom. The van der Waals surface area contributed by atoms with Crippen LogP contribution in [0.25, 0.3) is 0 Å². The first kappa shape index (κ1) is 15.3. The largest absolute Gasteiger partial charge is 0.369 e. The van der Waals surface area contributed by atoms with E-state index >= 15 is 0 Å². The van der Waals surface area contributed by atoms with Crippen LogP contribution in [0.4, 0.5) is 10.1 Å². The second-order valence-electron chi connectivity index (χ2n) is 5.58. The van der Waals surface area contributed by atoms with Crippen LogP contribution in [0.1, 0.15) is 25.8 Å². The van der Waals surface area contributed by atoms with E-state index in [2.05, 4.69) is 29.0 Å². The Hall–Kier alpha value is -1.13. The summed E-state index contributed by atoms with van der Waals surface area (Å²) in [6, 6.07) is 5.78. The van der Waals surface area contributed by atoms with E-state index in [4.69, 9.17) is 0 Å². The van der Waals surface area contributed by atoms with Gasteiger partial charge >= 0.3 is 0 Å². The molecule has 0 saturated carbocycles. The molecule has 4 heteroatoms. The van der Waals surface area contributed by atoms with E-state index in [-0.39, 0.29) is 5.82 Å². The highest BCUT2D eigenvalue weighted by Crippen LogP contribution is 2.23. The van der Waals surface area contributed by atoms with Crippen molar-refractivity contribution in [2.75, 3.05) is 38.1 Å². The predicted molar refractivity (Wildman–Crippen MR) is 82.7 cm³/mol. The molecule has 0 bridgehead atoms. The summed E-state index contributed by atoms with van der Waals surface area (Å²) in [6.45, 7) is 9.46. The molecule has 1 aromatic carbocycles. The van der Waals surface area contributed by atoms with Crippen LogP contribution in [0.2, 0.25) is 0 Å². The van der Waals surface area contributed by atoms with Gasteiger partial charge in [0.15, 0.2) is 0 Å². The summed E-state index contributed by atoms with van der Waals surface area (Å²) in [5.74, 6) is -0.155. The topological polar surface area (TPSA) is 18.5 Å². The van der Waals surface area contributed by atoms with E-state index in [9.17, 15) is 4.39 Å². The summed E-state index contributed by atoms with van der Waals surface area (Å²) in [6.07, 6.45) is 1.20. The zero-order valence-electron chi connectivity index (χ0n) is 12.8. The van der Waals surface area contributed by atoms with Crippen LogP contribution in [0, 0.1) is 5.82 Å². The molecule has 20 heavy (non-hydrogen) atoms. The van der Waals surface area contributed by atoms with Crippen molar-refractivity contribution in [3.8, 4) is 0 Å². The predicted octanol–water partition coefficient (Wildman–Crippen LogP) is 2.47. The molecule has 1 aromatic rings. The number of anilines is 1. The molecule has 1 unspecified atom stereocenters. The normalized spacial score (nSPS) is 18.3. The molecule has 0 amide bonds. The molecular weight excluding hydrogens is 253 g/mol. The molecule has 1 atom stereocenters. The molecule has 1 aliphatic heterocycles. The lowest BCUT2D eigenvalue weighted by atomic mass is 10.1. The fraction of sp³-hybridized carbons (Fsp3) is 0.625. The molecule has 3 nitrogen and oxygen atoms in total. The SMILES string of the molecule is CCC(C)N1CCN(c2ccc(F)cc2CNC)CC1. The van der Waals surface area contributed by atoms with Gasteiger partial charge in [-0.3, -0.25) is 4.90 Å². The van der Waals surface area contributed by atoms with E-state index in [1.165, 1.54) is 12.1 Å². The van der Waals surface area contributed by atoms with Crippen molar-refractivity contribution in [2.45, 2.75) is 32.9 Å². The number of nitrogens with one attached hydrogen (secondary N) is 1. The second-order valence-corrected chi connectivity index (χ2v) is 5.58. The van der Waals surface area contributed by atoms with Gasteiger partial charge < -0.3 is 10.2 Å². The Balaban J connectivity index is 2.06. The van der Waals surface area contributed by atoms with Crippen molar-refractivity contribution in [2.24, 2.45) is 0 Å². The number of halogens is 1. The fourth-order valence-electron chi connectivity index (χ4n) is 2.86. The maximum Gasteiger partial charge on any atom is 0.123 e. The number of rotatable bonds is 5. The first-order valence-electron chi connectivity index (χ1n) is 7.57. The quantitative estimate of drug-likeness (QED) is 0.893. The minimum Gasteiger partial charge on any atom is -0.369 e. The van der Waals surface area contributed by atoms with Gasteiger partial charge in [0.05, 0.1) is 0 Å². The third-order valence-electron chi connectivity index (χ3n) is 4.28. The average molecular weight is 279 g/mol. The van der Waals surface area contributed by atoms with Crippen LogP contribution < -0.4 is 10.2 Å². The van der Waals surface area contributed by atoms with Crippen molar-refractivity contribution in [1.82, 2.24) is 10.2 Å².